The molecular weight excluding hydrogens is 206 g/mol. The van der Waals surface area contributed by atoms with E-state index >= 15 is 0 Å². The fourth-order valence-electron chi connectivity index (χ4n) is 2.19. The molecule has 1 aromatic rings. The van der Waals surface area contributed by atoms with E-state index in [1.807, 2.05) is 13.8 Å². The molecule has 0 unspecified atom stereocenters. The Morgan fingerprint density at radius 1 is 1.18 bits per heavy atom. The average Bonchev–Trinajstić information content (AvgIpc) is 2.14. The van der Waals surface area contributed by atoms with E-state index in [2.05, 4.69) is 57.5 Å². The summed E-state index contributed by atoms with van der Waals surface area (Å²) < 4.78 is 0. The standard InChI is InChI=1S/C16H23N/c1-11(2)17-13(4)14-9-8-10-15(12(14)3)16(5,6)7/h8-10H,1H2,2-7H3/b17-13-. The molecule has 0 amide bonds. The van der Waals surface area contributed by atoms with E-state index in [9.17, 15) is 0 Å². The van der Waals surface area contributed by atoms with Crippen LogP contribution in [0.5, 0.6) is 0 Å². The molecule has 0 saturated heterocycles. The number of aliphatic imine (C=N–C) groups is 1. The van der Waals surface area contributed by atoms with Gasteiger partial charge < -0.3 is 0 Å². The number of allylic oxidation sites excluding steroid dienone is 1. The van der Waals surface area contributed by atoms with E-state index in [1.54, 1.807) is 0 Å². The smallest absolute Gasteiger partial charge is 0.0450 e. The summed E-state index contributed by atoms with van der Waals surface area (Å²) in [4.78, 5) is 4.45. The van der Waals surface area contributed by atoms with Gasteiger partial charge in [0, 0.05) is 11.4 Å². The maximum Gasteiger partial charge on any atom is 0.0450 e. The molecule has 92 valence electrons. The monoisotopic (exact) mass is 229 g/mol. The molecule has 1 heteroatoms. The van der Waals surface area contributed by atoms with E-state index < -0.39 is 0 Å². The van der Waals surface area contributed by atoms with Crippen molar-refractivity contribution in [1.82, 2.24) is 0 Å². The Balaban J connectivity index is 3.34. The maximum atomic E-state index is 4.45. The third-order valence-electron chi connectivity index (χ3n) is 2.89. The maximum absolute atomic E-state index is 4.45. The zero-order chi connectivity index (χ0) is 13.2. The molecule has 0 radical (unpaired) electrons. The van der Waals surface area contributed by atoms with Crippen molar-refractivity contribution in [3.05, 3.63) is 47.2 Å². The molecule has 0 aliphatic heterocycles. The summed E-state index contributed by atoms with van der Waals surface area (Å²) in [6, 6.07) is 6.44. The first-order valence-corrected chi connectivity index (χ1v) is 6.04. The lowest BCUT2D eigenvalue weighted by atomic mass is 9.82. The number of nitrogens with zero attached hydrogens (tertiary/aromatic N) is 1. The van der Waals surface area contributed by atoms with Crippen molar-refractivity contribution in [2.75, 3.05) is 0 Å². The Labute approximate surface area is 105 Å². The number of benzene rings is 1. The molecule has 0 fully saturated rings. The average molecular weight is 229 g/mol. The minimum Gasteiger partial charge on any atom is -0.258 e. The molecule has 0 N–H and O–H groups in total. The quantitative estimate of drug-likeness (QED) is 0.655. The van der Waals surface area contributed by atoms with Gasteiger partial charge in [0.2, 0.25) is 0 Å². The molecule has 1 nitrogen and oxygen atoms in total. The highest BCUT2D eigenvalue weighted by Crippen LogP contribution is 2.27. The SMILES string of the molecule is C=C(C)/N=C(/C)c1cccc(C(C)(C)C)c1C. The van der Waals surface area contributed by atoms with Gasteiger partial charge in [-0.3, -0.25) is 4.99 Å². The van der Waals surface area contributed by atoms with Crippen molar-refractivity contribution >= 4 is 5.71 Å². The Hall–Kier alpha value is -1.37. The summed E-state index contributed by atoms with van der Waals surface area (Å²) in [6.45, 7) is 16.7. The first-order valence-electron chi connectivity index (χ1n) is 6.04. The van der Waals surface area contributed by atoms with Gasteiger partial charge in [0.1, 0.15) is 0 Å². The lowest BCUT2D eigenvalue weighted by Gasteiger charge is -2.23. The minimum atomic E-state index is 0.170. The van der Waals surface area contributed by atoms with E-state index in [1.165, 1.54) is 16.7 Å². The summed E-state index contributed by atoms with van der Waals surface area (Å²) in [5.41, 5.74) is 5.99. The number of rotatable bonds is 2. The lowest BCUT2D eigenvalue weighted by Crippen LogP contribution is -2.15. The van der Waals surface area contributed by atoms with Gasteiger partial charge >= 0.3 is 0 Å². The number of hydrogen-bond donors (Lipinski definition) is 0. The lowest BCUT2D eigenvalue weighted by molar-refractivity contribution is 0.586. The van der Waals surface area contributed by atoms with Crippen LogP contribution in [0, 0.1) is 6.92 Å². The summed E-state index contributed by atoms with van der Waals surface area (Å²) >= 11 is 0. The van der Waals surface area contributed by atoms with Gasteiger partial charge in [-0.05, 0) is 42.9 Å². The minimum absolute atomic E-state index is 0.170. The molecule has 0 aliphatic carbocycles. The van der Waals surface area contributed by atoms with Gasteiger partial charge in [-0.1, -0.05) is 45.5 Å². The van der Waals surface area contributed by atoms with Crippen LogP contribution in [0.1, 0.15) is 51.3 Å². The second kappa shape index (κ2) is 4.87. The molecule has 17 heavy (non-hydrogen) atoms. The van der Waals surface area contributed by atoms with Crippen LogP contribution < -0.4 is 0 Å². The van der Waals surface area contributed by atoms with E-state index in [-0.39, 0.29) is 5.41 Å². The van der Waals surface area contributed by atoms with Gasteiger partial charge in [-0.25, -0.2) is 0 Å². The van der Waals surface area contributed by atoms with Crippen LogP contribution in [0.15, 0.2) is 35.5 Å². The molecular formula is C16H23N. The second-order valence-corrected chi connectivity index (χ2v) is 5.66. The highest BCUT2D eigenvalue weighted by atomic mass is 14.7. The molecule has 0 heterocycles. The Morgan fingerprint density at radius 3 is 2.24 bits per heavy atom. The Morgan fingerprint density at radius 2 is 1.76 bits per heavy atom. The number of hydrogen-bond acceptors (Lipinski definition) is 1. The third-order valence-corrected chi connectivity index (χ3v) is 2.89. The molecule has 0 saturated carbocycles. The van der Waals surface area contributed by atoms with Crippen LogP contribution in [0.2, 0.25) is 0 Å². The van der Waals surface area contributed by atoms with Gasteiger partial charge in [0.15, 0.2) is 0 Å². The van der Waals surface area contributed by atoms with Gasteiger partial charge in [0.05, 0.1) is 0 Å². The summed E-state index contributed by atoms with van der Waals surface area (Å²) in [6.07, 6.45) is 0. The second-order valence-electron chi connectivity index (χ2n) is 5.66. The topological polar surface area (TPSA) is 12.4 Å². The van der Waals surface area contributed by atoms with Crippen LogP contribution in [0.3, 0.4) is 0 Å². The Bertz CT molecular complexity index is 459. The van der Waals surface area contributed by atoms with Crippen molar-refractivity contribution in [1.29, 1.82) is 0 Å². The van der Waals surface area contributed by atoms with Crippen molar-refractivity contribution < 1.29 is 0 Å². The zero-order valence-electron chi connectivity index (χ0n) is 11.9. The van der Waals surface area contributed by atoms with Crippen molar-refractivity contribution in [2.24, 2.45) is 4.99 Å². The van der Waals surface area contributed by atoms with Crippen LogP contribution in [0.25, 0.3) is 0 Å². The van der Waals surface area contributed by atoms with Crippen molar-refractivity contribution in [2.45, 2.75) is 47.0 Å². The summed E-state index contributed by atoms with van der Waals surface area (Å²) in [5.74, 6) is 0. The largest absolute Gasteiger partial charge is 0.258 e. The fraction of sp³-hybridized carbons (Fsp3) is 0.438. The first-order chi connectivity index (χ1) is 7.73. The predicted molar refractivity (Wildman–Crippen MR) is 76.9 cm³/mol. The van der Waals surface area contributed by atoms with Crippen LogP contribution in [-0.4, -0.2) is 5.71 Å². The zero-order valence-corrected chi connectivity index (χ0v) is 11.9. The predicted octanol–water partition coefficient (Wildman–Crippen LogP) is 4.64. The molecule has 1 aromatic carbocycles. The highest BCUT2D eigenvalue weighted by molar-refractivity contribution is 6.00. The normalized spacial score (nSPS) is 12.7. The Kier molecular flexibility index (Phi) is 3.92. The summed E-state index contributed by atoms with van der Waals surface area (Å²) in [5, 5.41) is 0. The van der Waals surface area contributed by atoms with E-state index in [0.29, 0.717) is 0 Å². The molecule has 1 rings (SSSR count). The van der Waals surface area contributed by atoms with Crippen molar-refractivity contribution in [3.8, 4) is 0 Å². The first kappa shape index (κ1) is 13.7. The van der Waals surface area contributed by atoms with Gasteiger partial charge in [-0.15, -0.1) is 0 Å². The van der Waals surface area contributed by atoms with E-state index in [4.69, 9.17) is 0 Å². The highest BCUT2D eigenvalue weighted by Gasteiger charge is 2.18. The molecule has 0 atom stereocenters. The van der Waals surface area contributed by atoms with Crippen molar-refractivity contribution in [3.63, 3.8) is 0 Å². The molecule has 0 bridgehead atoms. The molecule has 0 spiro atoms. The third kappa shape index (κ3) is 3.29. The molecule has 0 aromatic heterocycles. The van der Waals surface area contributed by atoms with Gasteiger partial charge in [-0.2, -0.15) is 0 Å². The van der Waals surface area contributed by atoms with Crippen LogP contribution in [0.4, 0.5) is 0 Å². The fourth-order valence-corrected chi connectivity index (χ4v) is 2.19. The van der Waals surface area contributed by atoms with Crippen LogP contribution >= 0.6 is 0 Å². The summed E-state index contributed by atoms with van der Waals surface area (Å²) in [7, 11) is 0. The molecule has 0 aliphatic rings. The van der Waals surface area contributed by atoms with Crippen LogP contribution in [-0.2, 0) is 5.41 Å². The van der Waals surface area contributed by atoms with E-state index in [0.717, 1.165) is 11.4 Å². The van der Waals surface area contributed by atoms with Gasteiger partial charge in [0.25, 0.3) is 0 Å².